The molecule has 7 nitrogen and oxygen atoms in total. The molecule has 2 aromatic carbocycles. The monoisotopic (exact) mass is 385 g/mol. The highest BCUT2D eigenvalue weighted by molar-refractivity contribution is 6.13. The fourth-order valence-corrected chi connectivity index (χ4v) is 4.46. The molecular weight excluding hydrogens is 370 g/mol. The van der Waals surface area contributed by atoms with E-state index in [-0.39, 0.29) is 22.8 Å². The molecule has 3 N–H and O–H groups in total. The van der Waals surface area contributed by atoms with Crippen molar-refractivity contribution < 1.29 is 13.9 Å². The summed E-state index contributed by atoms with van der Waals surface area (Å²) in [5.74, 6) is -0.602. The van der Waals surface area contributed by atoms with Crippen molar-refractivity contribution in [1.29, 1.82) is 5.26 Å². The fraction of sp³-hybridized carbons (Fsp3) is 0.136. The van der Waals surface area contributed by atoms with Gasteiger partial charge in [0.15, 0.2) is 11.2 Å². The van der Waals surface area contributed by atoms with Crippen molar-refractivity contribution in [1.82, 2.24) is 0 Å². The minimum absolute atomic E-state index is 0.0369. The quantitative estimate of drug-likeness (QED) is 0.575. The number of fused-ring (bicyclic) bond motifs is 6. The third-order valence-electron chi connectivity index (χ3n) is 5.54. The number of hydrogen-bond acceptors (Lipinski definition) is 6. The van der Waals surface area contributed by atoms with Crippen LogP contribution < -0.4 is 21.4 Å². The van der Waals surface area contributed by atoms with Crippen molar-refractivity contribution >= 4 is 22.6 Å². The molecule has 1 amide bonds. The number of ether oxygens (including phenoxy) is 1. The van der Waals surface area contributed by atoms with Crippen molar-refractivity contribution in [3.05, 3.63) is 80.5 Å². The van der Waals surface area contributed by atoms with Gasteiger partial charge in [0.25, 0.3) is 0 Å². The number of carbonyl (C=O) groups is 1. The number of anilines is 1. The summed E-state index contributed by atoms with van der Waals surface area (Å²) >= 11 is 0. The maximum absolute atomic E-state index is 13.3. The number of nitriles is 1. The Labute approximate surface area is 165 Å². The molecule has 2 aliphatic rings. The first-order valence-corrected chi connectivity index (χ1v) is 8.97. The standard InChI is InChI=1S/C22H15N3O4/c1-10-7-11(2)16-15(8-10)28-20(26)17-18(16)29-19(24)13(9-23)22(17)12-5-3-4-6-14(12)25-21(22)27/h3-8H,24H2,1-2H3,(H,25,27)/t22-/m0/s1. The molecule has 3 heterocycles. The number of hydrogen-bond donors (Lipinski definition) is 2. The van der Waals surface area contributed by atoms with Crippen LogP contribution in [0.3, 0.4) is 0 Å². The van der Waals surface area contributed by atoms with Crippen LogP contribution in [0.5, 0.6) is 5.75 Å². The largest absolute Gasteiger partial charge is 0.439 e. The highest BCUT2D eigenvalue weighted by Crippen LogP contribution is 2.53. The molecule has 0 aliphatic carbocycles. The van der Waals surface area contributed by atoms with Crippen LogP contribution in [-0.4, -0.2) is 5.91 Å². The number of aryl methyl sites for hydroxylation is 2. The van der Waals surface area contributed by atoms with Gasteiger partial charge in [-0.1, -0.05) is 24.3 Å². The number of carbonyl (C=O) groups excluding carboxylic acids is 1. The fourth-order valence-electron chi connectivity index (χ4n) is 4.46. The molecule has 0 unspecified atom stereocenters. The topological polar surface area (TPSA) is 118 Å². The molecular formula is C22H15N3O4. The third kappa shape index (κ3) is 1.95. The Morgan fingerprint density at radius 1 is 1.17 bits per heavy atom. The predicted octanol–water partition coefficient (Wildman–Crippen LogP) is 2.73. The van der Waals surface area contributed by atoms with Crippen LogP contribution in [0, 0.1) is 25.2 Å². The maximum atomic E-state index is 13.3. The smallest absolute Gasteiger partial charge is 0.345 e. The average molecular weight is 385 g/mol. The van der Waals surface area contributed by atoms with E-state index in [1.165, 1.54) is 0 Å². The molecule has 1 spiro atoms. The van der Waals surface area contributed by atoms with E-state index >= 15 is 0 Å². The molecule has 0 saturated carbocycles. The van der Waals surface area contributed by atoms with E-state index in [9.17, 15) is 14.9 Å². The van der Waals surface area contributed by atoms with Gasteiger partial charge < -0.3 is 20.2 Å². The van der Waals surface area contributed by atoms with Gasteiger partial charge in [-0.05, 0) is 37.1 Å². The van der Waals surface area contributed by atoms with Gasteiger partial charge in [0, 0.05) is 11.3 Å². The maximum Gasteiger partial charge on any atom is 0.345 e. The van der Waals surface area contributed by atoms with Crippen LogP contribution in [0.25, 0.3) is 11.0 Å². The van der Waals surface area contributed by atoms with E-state index in [0.29, 0.717) is 22.2 Å². The summed E-state index contributed by atoms with van der Waals surface area (Å²) in [7, 11) is 0. The lowest BCUT2D eigenvalue weighted by Crippen LogP contribution is -2.45. The van der Waals surface area contributed by atoms with Crippen LogP contribution in [0.15, 0.2) is 57.1 Å². The second-order valence-electron chi connectivity index (χ2n) is 7.25. The number of benzene rings is 2. The third-order valence-corrected chi connectivity index (χ3v) is 5.54. The second kappa shape index (κ2) is 5.49. The van der Waals surface area contributed by atoms with E-state index in [4.69, 9.17) is 14.9 Å². The zero-order valence-corrected chi connectivity index (χ0v) is 15.6. The molecule has 1 atom stereocenters. The minimum Gasteiger partial charge on any atom is -0.439 e. The first-order chi connectivity index (χ1) is 13.9. The Hall–Kier alpha value is -4.05. The summed E-state index contributed by atoms with van der Waals surface area (Å²) < 4.78 is 11.4. The number of nitrogens with one attached hydrogen (secondary N) is 1. The van der Waals surface area contributed by atoms with Crippen molar-refractivity contribution in [3.63, 3.8) is 0 Å². The van der Waals surface area contributed by atoms with Gasteiger partial charge in [-0.15, -0.1) is 0 Å². The summed E-state index contributed by atoms with van der Waals surface area (Å²) in [6.45, 7) is 3.74. The van der Waals surface area contributed by atoms with Crippen molar-refractivity contribution in [2.24, 2.45) is 5.73 Å². The minimum atomic E-state index is -1.73. The number of nitrogens with two attached hydrogens (primary N) is 1. The number of rotatable bonds is 0. The summed E-state index contributed by atoms with van der Waals surface area (Å²) in [6, 6.07) is 12.5. The zero-order valence-electron chi connectivity index (χ0n) is 15.6. The van der Waals surface area contributed by atoms with Crippen LogP contribution >= 0.6 is 0 Å². The normalized spacial score (nSPS) is 19.6. The van der Waals surface area contributed by atoms with Crippen molar-refractivity contribution in [2.45, 2.75) is 19.3 Å². The van der Waals surface area contributed by atoms with Gasteiger partial charge in [0.1, 0.15) is 22.8 Å². The molecule has 5 rings (SSSR count). The van der Waals surface area contributed by atoms with Crippen molar-refractivity contribution in [3.8, 4) is 11.8 Å². The van der Waals surface area contributed by atoms with Crippen LogP contribution in [0.2, 0.25) is 0 Å². The van der Waals surface area contributed by atoms with Gasteiger partial charge >= 0.3 is 5.63 Å². The summed E-state index contributed by atoms with van der Waals surface area (Å²) in [5, 5.41) is 13.2. The van der Waals surface area contributed by atoms with Gasteiger partial charge in [-0.3, -0.25) is 4.79 Å². The van der Waals surface area contributed by atoms with E-state index < -0.39 is 16.9 Å². The van der Waals surface area contributed by atoms with Gasteiger partial charge in [-0.25, -0.2) is 4.79 Å². The SMILES string of the molecule is Cc1cc(C)c2c3c(c(=O)oc2c1)[C@@]1(C(=O)Nc2ccccc21)C(C#N)=C(N)O3. The first kappa shape index (κ1) is 17.1. The first-order valence-electron chi connectivity index (χ1n) is 8.97. The Bertz CT molecular complexity index is 1390. The average Bonchev–Trinajstić information content (AvgIpc) is 2.93. The van der Waals surface area contributed by atoms with E-state index in [1.807, 2.05) is 26.0 Å². The Morgan fingerprint density at radius 2 is 1.93 bits per heavy atom. The Kier molecular flexibility index (Phi) is 3.23. The molecule has 3 aromatic rings. The van der Waals surface area contributed by atoms with Crippen LogP contribution in [-0.2, 0) is 10.2 Å². The van der Waals surface area contributed by atoms with Crippen LogP contribution in [0.4, 0.5) is 5.69 Å². The number of nitrogens with zero attached hydrogens (tertiary/aromatic N) is 1. The number of para-hydroxylation sites is 1. The summed E-state index contributed by atoms with van der Waals surface area (Å²) in [5.41, 5.74) is 6.49. The molecule has 0 fully saturated rings. The molecule has 0 radical (unpaired) electrons. The Balaban J connectivity index is 2.03. The van der Waals surface area contributed by atoms with Gasteiger partial charge in [0.2, 0.25) is 11.8 Å². The highest BCUT2D eigenvalue weighted by Gasteiger charge is 2.58. The molecule has 7 heteroatoms. The highest BCUT2D eigenvalue weighted by atomic mass is 16.5. The molecule has 0 bridgehead atoms. The molecule has 1 aromatic heterocycles. The van der Waals surface area contributed by atoms with Gasteiger partial charge in [0.05, 0.1) is 5.39 Å². The van der Waals surface area contributed by atoms with Gasteiger partial charge in [-0.2, -0.15) is 5.26 Å². The summed E-state index contributed by atoms with van der Waals surface area (Å²) in [6.07, 6.45) is 0. The molecule has 2 aliphatic heterocycles. The molecule has 0 saturated heterocycles. The van der Waals surface area contributed by atoms with E-state index in [2.05, 4.69) is 5.32 Å². The second-order valence-corrected chi connectivity index (χ2v) is 7.25. The Morgan fingerprint density at radius 3 is 2.69 bits per heavy atom. The lowest BCUT2D eigenvalue weighted by atomic mass is 9.69. The van der Waals surface area contributed by atoms with E-state index in [0.717, 1.165) is 11.1 Å². The van der Waals surface area contributed by atoms with Crippen molar-refractivity contribution in [2.75, 3.05) is 5.32 Å². The summed E-state index contributed by atoms with van der Waals surface area (Å²) in [4.78, 5) is 26.5. The van der Waals surface area contributed by atoms with E-state index in [1.54, 1.807) is 30.3 Å². The lowest BCUT2D eigenvalue weighted by Gasteiger charge is -2.33. The molecule has 142 valence electrons. The lowest BCUT2D eigenvalue weighted by molar-refractivity contribution is -0.118. The number of amides is 1. The van der Waals surface area contributed by atoms with Crippen LogP contribution in [0.1, 0.15) is 22.3 Å². The molecule has 29 heavy (non-hydrogen) atoms. The predicted molar refractivity (Wildman–Crippen MR) is 105 cm³/mol. The zero-order chi connectivity index (χ0) is 20.5.